The van der Waals surface area contributed by atoms with Gasteiger partial charge in [-0.3, -0.25) is 14.4 Å². The molecule has 2 unspecified atom stereocenters. The molecule has 9 nitrogen and oxygen atoms in total. The number of nitrogens with zero attached hydrogens (tertiary/aromatic N) is 3. The molecule has 3 amide bonds. The molecule has 2 atom stereocenters. The molecule has 3 aliphatic heterocycles. The molecule has 1 N–H and O–H groups in total. The second-order valence-corrected chi connectivity index (χ2v) is 8.94. The Bertz CT molecular complexity index is 1160. The van der Waals surface area contributed by atoms with Gasteiger partial charge in [-0.15, -0.1) is 11.8 Å². The Labute approximate surface area is 194 Å². The number of carbonyl (C=O) groups is 3. The van der Waals surface area contributed by atoms with E-state index in [2.05, 4.69) is 5.32 Å². The van der Waals surface area contributed by atoms with Crippen molar-refractivity contribution >= 4 is 40.9 Å². The molecule has 0 saturated carbocycles. The quantitative estimate of drug-likeness (QED) is 0.738. The van der Waals surface area contributed by atoms with Crippen LogP contribution in [0.3, 0.4) is 0 Å². The molecule has 10 heteroatoms. The zero-order chi connectivity index (χ0) is 22.9. The molecule has 0 aliphatic carbocycles. The Morgan fingerprint density at radius 2 is 1.91 bits per heavy atom. The Kier molecular flexibility index (Phi) is 5.56. The van der Waals surface area contributed by atoms with Gasteiger partial charge in [0.1, 0.15) is 6.04 Å². The van der Waals surface area contributed by atoms with E-state index in [9.17, 15) is 14.4 Å². The van der Waals surface area contributed by atoms with Crippen molar-refractivity contribution < 1.29 is 23.9 Å². The first-order valence-electron chi connectivity index (χ1n) is 10.4. The topological polar surface area (TPSA) is 112 Å². The summed E-state index contributed by atoms with van der Waals surface area (Å²) in [6, 6.07) is 13.2. The number of hydrogen-bond donors (Lipinski definition) is 1. The van der Waals surface area contributed by atoms with E-state index in [-0.39, 0.29) is 37.5 Å². The highest BCUT2D eigenvalue weighted by molar-refractivity contribution is 7.99. The minimum Gasteiger partial charge on any atom is -0.454 e. The van der Waals surface area contributed by atoms with Crippen molar-refractivity contribution in [2.24, 2.45) is 5.92 Å². The molecular formula is C23H20N4O5S. The summed E-state index contributed by atoms with van der Waals surface area (Å²) in [7, 11) is 0. The number of nitrogens with one attached hydrogen (secondary N) is 1. The summed E-state index contributed by atoms with van der Waals surface area (Å²) in [5.74, 6) is 0.948. The molecule has 0 spiro atoms. The van der Waals surface area contributed by atoms with Crippen LogP contribution in [0.4, 0.5) is 11.4 Å². The van der Waals surface area contributed by atoms with Crippen molar-refractivity contribution in [3.05, 3.63) is 48.0 Å². The first kappa shape index (κ1) is 21.2. The first-order chi connectivity index (χ1) is 16.0. The molecule has 2 aromatic rings. The van der Waals surface area contributed by atoms with Crippen molar-refractivity contribution in [1.82, 2.24) is 4.90 Å². The lowest BCUT2D eigenvalue weighted by Crippen LogP contribution is -2.47. The van der Waals surface area contributed by atoms with E-state index in [1.165, 1.54) is 11.8 Å². The van der Waals surface area contributed by atoms with Crippen LogP contribution in [-0.4, -0.2) is 53.6 Å². The number of benzene rings is 2. The number of thioether (sulfide) groups is 1. The van der Waals surface area contributed by atoms with Gasteiger partial charge in [0.25, 0.3) is 0 Å². The summed E-state index contributed by atoms with van der Waals surface area (Å²) in [4.78, 5) is 42.0. The maximum atomic E-state index is 13.3. The number of amides is 3. The van der Waals surface area contributed by atoms with Gasteiger partial charge in [0.15, 0.2) is 11.5 Å². The Morgan fingerprint density at radius 3 is 2.70 bits per heavy atom. The Balaban J connectivity index is 1.26. The van der Waals surface area contributed by atoms with Crippen LogP contribution in [0, 0.1) is 17.2 Å². The molecule has 3 aliphatic rings. The van der Waals surface area contributed by atoms with E-state index in [4.69, 9.17) is 14.7 Å². The van der Waals surface area contributed by atoms with Crippen LogP contribution >= 0.6 is 11.8 Å². The van der Waals surface area contributed by atoms with Crippen molar-refractivity contribution in [2.45, 2.75) is 12.5 Å². The lowest BCUT2D eigenvalue weighted by atomic mass is 10.1. The fraction of sp³-hybridized carbons (Fsp3) is 0.304. The van der Waals surface area contributed by atoms with Crippen molar-refractivity contribution in [1.29, 1.82) is 5.26 Å². The Hall–Kier alpha value is -3.71. The second kappa shape index (κ2) is 8.67. The molecule has 2 aromatic carbocycles. The molecule has 3 heterocycles. The van der Waals surface area contributed by atoms with Crippen molar-refractivity contribution in [3.8, 4) is 17.6 Å². The minimum absolute atomic E-state index is 0.0956. The van der Waals surface area contributed by atoms with Gasteiger partial charge in [-0.25, -0.2) is 0 Å². The summed E-state index contributed by atoms with van der Waals surface area (Å²) < 4.78 is 10.7. The van der Waals surface area contributed by atoms with Crippen LogP contribution in [0.15, 0.2) is 42.5 Å². The zero-order valence-electron chi connectivity index (χ0n) is 17.5. The van der Waals surface area contributed by atoms with E-state index in [1.807, 2.05) is 6.07 Å². The molecule has 0 radical (unpaired) electrons. The number of carbonyl (C=O) groups excluding carboxylic acids is 3. The highest BCUT2D eigenvalue weighted by Crippen LogP contribution is 2.37. The zero-order valence-corrected chi connectivity index (χ0v) is 18.3. The van der Waals surface area contributed by atoms with Gasteiger partial charge in [0.05, 0.1) is 23.4 Å². The molecule has 168 valence electrons. The number of nitriles is 1. The van der Waals surface area contributed by atoms with E-state index in [1.54, 1.807) is 52.3 Å². The van der Waals surface area contributed by atoms with Crippen LogP contribution < -0.4 is 19.7 Å². The average molecular weight is 465 g/mol. The fourth-order valence-corrected chi connectivity index (χ4v) is 5.30. The van der Waals surface area contributed by atoms with Crippen LogP contribution in [-0.2, 0) is 14.4 Å². The maximum Gasteiger partial charge on any atom is 0.248 e. The standard InChI is InChI=1S/C23H20N4O5S/c24-9-14-1-3-16(4-2-14)25-22(29)18-11-33-12-27(18)23(30)15-7-21(28)26(10-15)17-5-6-19-20(8-17)32-13-31-19/h1-6,8,15,18H,7,10-13H2,(H,25,29). The third-order valence-corrected chi connectivity index (χ3v) is 6.90. The molecule has 2 fully saturated rings. The average Bonchev–Trinajstić information content (AvgIpc) is 3.58. The number of ether oxygens (including phenoxy) is 2. The van der Waals surface area contributed by atoms with Gasteiger partial charge in [-0.2, -0.15) is 5.26 Å². The predicted octanol–water partition coefficient (Wildman–Crippen LogP) is 2.18. The summed E-state index contributed by atoms with van der Waals surface area (Å²) >= 11 is 1.51. The lowest BCUT2D eigenvalue weighted by molar-refractivity contribution is -0.139. The van der Waals surface area contributed by atoms with E-state index in [0.717, 1.165) is 0 Å². The van der Waals surface area contributed by atoms with Gasteiger partial charge >= 0.3 is 0 Å². The van der Waals surface area contributed by atoms with Crippen molar-refractivity contribution in [3.63, 3.8) is 0 Å². The molecule has 5 rings (SSSR count). The SMILES string of the molecule is N#Cc1ccc(NC(=O)C2CSCN2C(=O)C2CC(=O)N(c3ccc4c(c3)OCO4)C2)cc1. The molecule has 33 heavy (non-hydrogen) atoms. The van der Waals surface area contributed by atoms with E-state index < -0.39 is 12.0 Å². The van der Waals surface area contributed by atoms with Gasteiger partial charge in [0.2, 0.25) is 24.5 Å². The van der Waals surface area contributed by atoms with Crippen LogP contribution in [0.1, 0.15) is 12.0 Å². The summed E-state index contributed by atoms with van der Waals surface area (Å²) in [5, 5.41) is 11.7. The normalized spacial score (nSPS) is 21.2. The number of fused-ring (bicyclic) bond motifs is 1. The minimum atomic E-state index is -0.618. The van der Waals surface area contributed by atoms with E-state index >= 15 is 0 Å². The molecular weight excluding hydrogens is 444 g/mol. The third-order valence-electron chi connectivity index (χ3n) is 5.89. The first-order valence-corrected chi connectivity index (χ1v) is 11.6. The monoisotopic (exact) mass is 464 g/mol. The maximum absolute atomic E-state index is 13.3. The number of rotatable bonds is 4. The van der Waals surface area contributed by atoms with E-state index in [0.29, 0.717) is 40.1 Å². The highest BCUT2D eigenvalue weighted by atomic mass is 32.2. The second-order valence-electron chi connectivity index (χ2n) is 7.95. The van der Waals surface area contributed by atoms with Crippen LogP contribution in [0.2, 0.25) is 0 Å². The molecule has 0 aromatic heterocycles. The smallest absolute Gasteiger partial charge is 0.248 e. The summed E-state index contributed by atoms with van der Waals surface area (Å²) in [6.45, 7) is 0.398. The van der Waals surface area contributed by atoms with Gasteiger partial charge in [0, 0.05) is 36.2 Å². The van der Waals surface area contributed by atoms with Gasteiger partial charge in [-0.1, -0.05) is 0 Å². The summed E-state index contributed by atoms with van der Waals surface area (Å²) in [5.41, 5.74) is 1.72. The Morgan fingerprint density at radius 1 is 1.12 bits per heavy atom. The molecule has 0 bridgehead atoms. The predicted molar refractivity (Wildman–Crippen MR) is 121 cm³/mol. The van der Waals surface area contributed by atoms with Crippen molar-refractivity contribution in [2.75, 3.05) is 35.2 Å². The van der Waals surface area contributed by atoms with Crippen LogP contribution in [0.5, 0.6) is 11.5 Å². The third kappa shape index (κ3) is 4.07. The largest absolute Gasteiger partial charge is 0.454 e. The summed E-state index contributed by atoms with van der Waals surface area (Å²) in [6.07, 6.45) is 0.0956. The van der Waals surface area contributed by atoms with Crippen LogP contribution in [0.25, 0.3) is 0 Å². The number of hydrogen-bond acceptors (Lipinski definition) is 7. The van der Waals surface area contributed by atoms with Gasteiger partial charge < -0.3 is 24.6 Å². The molecule has 2 saturated heterocycles. The lowest BCUT2D eigenvalue weighted by Gasteiger charge is -2.26. The fourth-order valence-electron chi connectivity index (χ4n) is 4.14. The number of anilines is 2. The highest BCUT2D eigenvalue weighted by Gasteiger charge is 2.42. The van der Waals surface area contributed by atoms with Gasteiger partial charge in [-0.05, 0) is 36.4 Å².